The number of nitrogens with one attached hydrogen (secondary N) is 2. The average molecular weight is 488 g/mol. The molecule has 1 fully saturated rings. The molecule has 2 aromatic rings. The van der Waals surface area contributed by atoms with Gasteiger partial charge in [0.05, 0.1) is 18.1 Å². The molecule has 1 atom stereocenters. The zero-order valence-electron chi connectivity index (χ0n) is 18.2. The summed E-state index contributed by atoms with van der Waals surface area (Å²) < 4.78 is 9.92. The van der Waals surface area contributed by atoms with E-state index in [9.17, 15) is 24.0 Å². The first-order chi connectivity index (χ1) is 16.3. The Morgan fingerprint density at radius 2 is 1.62 bits per heavy atom. The molecule has 178 valence electrons. The molecule has 1 heterocycles. The zero-order valence-corrected chi connectivity index (χ0v) is 19.0. The molecule has 3 amide bonds. The summed E-state index contributed by atoms with van der Waals surface area (Å²) >= 11 is 5.76. The molecule has 0 unspecified atom stereocenters. The molecule has 0 bridgehead atoms. The van der Waals surface area contributed by atoms with E-state index in [4.69, 9.17) is 21.1 Å². The number of ether oxygens (including phenoxy) is 2. The third kappa shape index (κ3) is 6.32. The van der Waals surface area contributed by atoms with Crippen molar-refractivity contribution in [1.82, 2.24) is 10.9 Å². The van der Waals surface area contributed by atoms with E-state index in [1.807, 2.05) is 0 Å². The van der Waals surface area contributed by atoms with Crippen LogP contribution in [0.15, 0.2) is 48.5 Å². The lowest BCUT2D eigenvalue weighted by Crippen LogP contribution is -2.43. The SMILES string of the molecule is CCOC(=O)c1ccc(N2C[C@@H](C(=O)OCC(=O)NNC(=O)c3ccc(Cl)cc3)CC2=O)cc1. The Kier molecular flexibility index (Phi) is 8.20. The molecular weight excluding hydrogens is 466 g/mol. The van der Waals surface area contributed by atoms with Gasteiger partial charge >= 0.3 is 11.9 Å². The number of hydrogen-bond donors (Lipinski definition) is 2. The van der Waals surface area contributed by atoms with Crippen molar-refractivity contribution >= 4 is 46.9 Å². The van der Waals surface area contributed by atoms with Gasteiger partial charge in [0.25, 0.3) is 11.8 Å². The maximum absolute atomic E-state index is 12.4. The van der Waals surface area contributed by atoms with Crippen LogP contribution in [-0.2, 0) is 23.9 Å². The molecule has 3 rings (SSSR count). The van der Waals surface area contributed by atoms with Gasteiger partial charge in [-0.3, -0.25) is 30.0 Å². The summed E-state index contributed by atoms with van der Waals surface area (Å²) in [5.74, 6) is -3.53. The lowest BCUT2D eigenvalue weighted by atomic mass is 10.1. The Morgan fingerprint density at radius 1 is 0.971 bits per heavy atom. The molecule has 0 aromatic heterocycles. The molecule has 1 aliphatic rings. The van der Waals surface area contributed by atoms with Gasteiger partial charge in [0.2, 0.25) is 5.91 Å². The fraction of sp³-hybridized carbons (Fsp3) is 0.261. The van der Waals surface area contributed by atoms with Crippen molar-refractivity contribution in [2.24, 2.45) is 5.92 Å². The number of rotatable bonds is 7. The lowest BCUT2D eigenvalue weighted by molar-refractivity contribution is -0.152. The number of hydrazine groups is 1. The standard InChI is InChI=1S/C23H22ClN3O7/c1-2-33-22(31)15-5-9-18(10-6-15)27-12-16(11-20(27)29)23(32)34-13-19(28)25-26-21(30)14-3-7-17(24)8-4-14/h3-10,16H,2,11-13H2,1H3,(H,25,28)(H,26,30)/t16-/m0/s1. The average Bonchev–Trinajstić information content (AvgIpc) is 3.23. The van der Waals surface area contributed by atoms with Crippen LogP contribution in [0.2, 0.25) is 5.02 Å². The van der Waals surface area contributed by atoms with Crippen molar-refractivity contribution in [2.75, 3.05) is 24.7 Å². The second kappa shape index (κ2) is 11.3. The molecule has 34 heavy (non-hydrogen) atoms. The molecule has 0 saturated carbocycles. The Bertz CT molecular complexity index is 1090. The Hall–Kier alpha value is -3.92. The second-order valence-electron chi connectivity index (χ2n) is 7.29. The largest absolute Gasteiger partial charge is 0.462 e. The van der Waals surface area contributed by atoms with E-state index in [1.54, 1.807) is 19.1 Å². The van der Waals surface area contributed by atoms with E-state index in [1.165, 1.54) is 41.3 Å². The Labute approximate surface area is 200 Å². The fourth-order valence-electron chi connectivity index (χ4n) is 3.20. The van der Waals surface area contributed by atoms with Crippen molar-refractivity contribution in [1.29, 1.82) is 0 Å². The normalized spacial score (nSPS) is 14.9. The second-order valence-corrected chi connectivity index (χ2v) is 7.73. The number of esters is 2. The molecule has 1 aliphatic heterocycles. The van der Waals surface area contributed by atoms with E-state index < -0.39 is 36.3 Å². The topological polar surface area (TPSA) is 131 Å². The van der Waals surface area contributed by atoms with Gasteiger partial charge < -0.3 is 14.4 Å². The minimum absolute atomic E-state index is 0.0747. The molecule has 0 spiro atoms. The van der Waals surface area contributed by atoms with Gasteiger partial charge in [-0.15, -0.1) is 0 Å². The first-order valence-corrected chi connectivity index (χ1v) is 10.7. The zero-order chi connectivity index (χ0) is 24.7. The highest BCUT2D eigenvalue weighted by molar-refractivity contribution is 6.30. The number of anilines is 1. The lowest BCUT2D eigenvalue weighted by Gasteiger charge is -2.17. The molecular formula is C23H22ClN3O7. The number of carbonyl (C=O) groups is 5. The summed E-state index contributed by atoms with van der Waals surface area (Å²) in [5, 5.41) is 0.463. The number of amides is 3. The van der Waals surface area contributed by atoms with Gasteiger partial charge in [0.15, 0.2) is 6.61 Å². The van der Waals surface area contributed by atoms with Crippen molar-refractivity contribution in [3.63, 3.8) is 0 Å². The summed E-state index contributed by atoms with van der Waals surface area (Å²) in [6.07, 6.45) is -0.0760. The molecule has 2 N–H and O–H groups in total. The van der Waals surface area contributed by atoms with Crippen LogP contribution >= 0.6 is 11.6 Å². The first kappa shape index (κ1) is 24.7. The van der Waals surface area contributed by atoms with Gasteiger partial charge in [-0.2, -0.15) is 0 Å². The highest BCUT2D eigenvalue weighted by atomic mass is 35.5. The van der Waals surface area contributed by atoms with Crippen molar-refractivity contribution in [3.05, 3.63) is 64.7 Å². The van der Waals surface area contributed by atoms with Gasteiger partial charge in [-0.05, 0) is 55.5 Å². The predicted octanol–water partition coefficient (Wildman–Crippen LogP) is 1.87. The molecule has 0 radical (unpaired) electrons. The van der Waals surface area contributed by atoms with E-state index in [0.717, 1.165) is 0 Å². The Morgan fingerprint density at radius 3 is 2.26 bits per heavy atom. The summed E-state index contributed by atoms with van der Waals surface area (Å²) in [6.45, 7) is 1.40. The molecule has 0 aliphatic carbocycles. The van der Waals surface area contributed by atoms with Crippen LogP contribution in [0.5, 0.6) is 0 Å². The van der Waals surface area contributed by atoms with Gasteiger partial charge in [-0.1, -0.05) is 11.6 Å². The summed E-state index contributed by atoms with van der Waals surface area (Å²) in [7, 11) is 0. The third-order valence-electron chi connectivity index (χ3n) is 4.92. The van der Waals surface area contributed by atoms with Crippen LogP contribution < -0.4 is 15.8 Å². The summed E-state index contributed by atoms with van der Waals surface area (Å²) in [5.41, 5.74) is 5.50. The number of halogens is 1. The summed E-state index contributed by atoms with van der Waals surface area (Å²) in [4.78, 5) is 61.7. The van der Waals surface area contributed by atoms with Gasteiger partial charge in [0.1, 0.15) is 0 Å². The van der Waals surface area contributed by atoms with Crippen LogP contribution in [0.1, 0.15) is 34.1 Å². The number of hydrogen-bond acceptors (Lipinski definition) is 7. The van der Waals surface area contributed by atoms with Crippen molar-refractivity contribution in [2.45, 2.75) is 13.3 Å². The van der Waals surface area contributed by atoms with E-state index in [-0.39, 0.29) is 31.0 Å². The minimum Gasteiger partial charge on any atom is -0.462 e. The van der Waals surface area contributed by atoms with Crippen molar-refractivity contribution in [3.8, 4) is 0 Å². The van der Waals surface area contributed by atoms with Crippen LogP contribution in [0.4, 0.5) is 5.69 Å². The number of nitrogens with zero attached hydrogens (tertiary/aromatic N) is 1. The molecule has 1 saturated heterocycles. The molecule has 2 aromatic carbocycles. The maximum atomic E-state index is 12.4. The molecule has 10 nitrogen and oxygen atoms in total. The van der Waals surface area contributed by atoms with Crippen molar-refractivity contribution < 1.29 is 33.4 Å². The van der Waals surface area contributed by atoms with Crippen LogP contribution in [-0.4, -0.2) is 49.4 Å². The van der Waals surface area contributed by atoms with Crippen LogP contribution in [0.25, 0.3) is 0 Å². The predicted molar refractivity (Wildman–Crippen MR) is 121 cm³/mol. The van der Waals surface area contributed by atoms with E-state index in [0.29, 0.717) is 16.3 Å². The smallest absolute Gasteiger partial charge is 0.338 e. The van der Waals surface area contributed by atoms with E-state index >= 15 is 0 Å². The van der Waals surface area contributed by atoms with Gasteiger partial charge in [0, 0.05) is 29.2 Å². The van der Waals surface area contributed by atoms with Gasteiger partial charge in [-0.25, -0.2) is 4.79 Å². The maximum Gasteiger partial charge on any atom is 0.338 e. The first-order valence-electron chi connectivity index (χ1n) is 10.4. The monoisotopic (exact) mass is 487 g/mol. The Balaban J connectivity index is 1.46. The van der Waals surface area contributed by atoms with Crippen LogP contribution in [0.3, 0.4) is 0 Å². The highest BCUT2D eigenvalue weighted by Gasteiger charge is 2.36. The quantitative estimate of drug-likeness (QED) is 0.450. The minimum atomic E-state index is -0.756. The molecule has 11 heteroatoms. The number of carbonyl (C=O) groups excluding carboxylic acids is 5. The summed E-state index contributed by atoms with van der Waals surface area (Å²) in [6, 6.07) is 12.3. The van der Waals surface area contributed by atoms with E-state index in [2.05, 4.69) is 10.9 Å². The van der Waals surface area contributed by atoms with Crippen LogP contribution in [0, 0.1) is 5.92 Å². The third-order valence-corrected chi connectivity index (χ3v) is 5.17. The highest BCUT2D eigenvalue weighted by Crippen LogP contribution is 2.26. The number of benzene rings is 2. The fourth-order valence-corrected chi connectivity index (χ4v) is 3.32.